The molecule has 1 aromatic rings. The molecule has 1 aliphatic heterocycles. The summed E-state index contributed by atoms with van der Waals surface area (Å²) < 4.78 is 5.17. The van der Waals surface area contributed by atoms with Crippen LogP contribution in [-0.2, 0) is 4.79 Å². The number of carbonyl (C=O) groups excluding carboxylic acids is 1. The van der Waals surface area contributed by atoms with Gasteiger partial charge in [-0.3, -0.25) is 4.79 Å². The Morgan fingerprint density at radius 2 is 2.23 bits per heavy atom. The quantitative estimate of drug-likeness (QED) is 0.803. The summed E-state index contributed by atoms with van der Waals surface area (Å²) in [4.78, 5) is 15.1. The number of methoxy groups -OCH3 is 1. The molecule has 2 rings (SSSR count). The summed E-state index contributed by atoms with van der Waals surface area (Å²) in [5, 5.41) is 19.4. The Bertz CT molecular complexity index is 511. The SMILES string of the molecule is COc1cccc(SCC(=O)N2CCCC(O)(CO)CC2)c1. The average molecular weight is 325 g/mol. The predicted molar refractivity (Wildman–Crippen MR) is 86.2 cm³/mol. The molecule has 0 aromatic heterocycles. The number of amides is 1. The van der Waals surface area contributed by atoms with Crippen molar-refractivity contribution in [2.24, 2.45) is 0 Å². The largest absolute Gasteiger partial charge is 0.497 e. The van der Waals surface area contributed by atoms with Crippen LogP contribution in [0.15, 0.2) is 29.2 Å². The van der Waals surface area contributed by atoms with Gasteiger partial charge in [-0.15, -0.1) is 11.8 Å². The number of carbonyl (C=O) groups is 1. The number of benzene rings is 1. The maximum absolute atomic E-state index is 12.3. The maximum atomic E-state index is 12.3. The second-order valence-electron chi connectivity index (χ2n) is 5.58. The van der Waals surface area contributed by atoms with E-state index in [1.165, 1.54) is 11.8 Å². The third-order valence-corrected chi connectivity index (χ3v) is 4.95. The van der Waals surface area contributed by atoms with Crippen molar-refractivity contribution in [1.82, 2.24) is 4.90 Å². The molecule has 0 radical (unpaired) electrons. The minimum Gasteiger partial charge on any atom is -0.497 e. The van der Waals surface area contributed by atoms with Gasteiger partial charge >= 0.3 is 0 Å². The molecule has 1 heterocycles. The lowest BCUT2D eigenvalue weighted by Crippen LogP contribution is -2.37. The zero-order valence-electron chi connectivity index (χ0n) is 12.8. The molecule has 0 spiro atoms. The normalized spacial score (nSPS) is 22.2. The number of nitrogens with zero attached hydrogens (tertiary/aromatic N) is 1. The van der Waals surface area contributed by atoms with Crippen LogP contribution in [0.2, 0.25) is 0 Å². The summed E-state index contributed by atoms with van der Waals surface area (Å²) >= 11 is 1.48. The van der Waals surface area contributed by atoms with Crippen LogP contribution in [0, 0.1) is 0 Å². The van der Waals surface area contributed by atoms with Gasteiger partial charge in [0.05, 0.1) is 25.1 Å². The van der Waals surface area contributed by atoms with Gasteiger partial charge in [0.2, 0.25) is 5.91 Å². The summed E-state index contributed by atoms with van der Waals surface area (Å²) in [6.45, 7) is 0.891. The number of thioether (sulfide) groups is 1. The topological polar surface area (TPSA) is 70.0 Å². The van der Waals surface area contributed by atoms with Gasteiger partial charge in [0, 0.05) is 18.0 Å². The van der Waals surface area contributed by atoms with Crippen molar-refractivity contribution in [2.45, 2.75) is 29.8 Å². The van der Waals surface area contributed by atoms with Gasteiger partial charge in [0.1, 0.15) is 5.75 Å². The Morgan fingerprint density at radius 1 is 1.41 bits per heavy atom. The monoisotopic (exact) mass is 325 g/mol. The van der Waals surface area contributed by atoms with E-state index in [-0.39, 0.29) is 12.5 Å². The summed E-state index contributed by atoms with van der Waals surface area (Å²) in [7, 11) is 1.62. The third-order valence-electron chi connectivity index (χ3n) is 3.97. The third kappa shape index (κ3) is 4.63. The molecule has 5 nitrogen and oxygen atoms in total. The van der Waals surface area contributed by atoms with E-state index in [9.17, 15) is 15.0 Å². The number of rotatable bonds is 5. The molecule has 1 saturated heterocycles. The second-order valence-corrected chi connectivity index (χ2v) is 6.63. The van der Waals surface area contributed by atoms with Crippen LogP contribution in [0.4, 0.5) is 0 Å². The van der Waals surface area contributed by atoms with Crippen LogP contribution in [0.25, 0.3) is 0 Å². The maximum Gasteiger partial charge on any atom is 0.232 e. The average Bonchev–Trinajstić information content (AvgIpc) is 2.75. The molecule has 1 aromatic carbocycles. The van der Waals surface area contributed by atoms with Crippen LogP contribution in [-0.4, -0.2) is 59.2 Å². The van der Waals surface area contributed by atoms with E-state index >= 15 is 0 Å². The molecule has 1 amide bonds. The first-order valence-corrected chi connectivity index (χ1v) is 8.43. The predicted octanol–water partition coefficient (Wildman–Crippen LogP) is 1.52. The molecule has 1 aliphatic rings. The Balaban J connectivity index is 1.86. The fourth-order valence-electron chi connectivity index (χ4n) is 2.51. The van der Waals surface area contributed by atoms with Gasteiger partial charge in [0.15, 0.2) is 0 Å². The zero-order chi connectivity index (χ0) is 16.0. The van der Waals surface area contributed by atoms with E-state index in [1.807, 2.05) is 24.3 Å². The minimum atomic E-state index is -1.03. The first-order valence-electron chi connectivity index (χ1n) is 7.44. The van der Waals surface area contributed by atoms with Crippen molar-refractivity contribution in [1.29, 1.82) is 0 Å². The van der Waals surface area contributed by atoms with Crippen molar-refractivity contribution in [3.8, 4) is 5.75 Å². The van der Waals surface area contributed by atoms with Crippen molar-refractivity contribution in [3.63, 3.8) is 0 Å². The zero-order valence-corrected chi connectivity index (χ0v) is 13.6. The molecule has 1 fully saturated rings. The molecular formula is C16H23NO4S. The Labute approximate surface area is 135 Å². The van der Waals surface area contributed by atoms with Gasteiger partial charge < -0.3 is 19.8 Å². The number of hydrogen-bond acceptors (Lipinski definition) is 5. The molecule has 1 unspecified atom stereocenters. The molecule has 6 heteroatoms. The van der Waals surface area contributed by atoms with Crippen molar-refractivity contribution in [2.75, 3.05) is 32.6 Å². The lowest BCUT2D eigenvalue weighted by molar-refractivity contribution is -0.128. The van der Waals surface area contributed by atoms with Gasteiger partial charge in [-0.05, 0) is 37.5 Å². The highest BCUT2D eigenvalue weighted by Gasteiger charge is 2.30. The van der Waals surface area contributed by atoms with Crippen LogP contribution < -0.4 is 4.74 Å². The van der Waals surface area contributed by atoms with E-state index in [2.05, 4.69) is 0 Å². The highest BCUT2D eigenvalue weighted by Crippen LogP contribution is 2.25. The molecular weight excluding hydrogens is 302 g/mol. The van der Waals surface area contributed by atoms with Gasteiger partial charge in [-0.25, -0.2) is 0 Å². The fourth-order valence-corrected chi connectivity index (χ4v) is 3.36. The van der Waals surface area contributed by atoms with E-state index in [0.717, 1.165) is 10.6 Å². The fraction of sp³-hybridized carbons (Fsp3) is 0.562. The Hall–Kier alpha value is -1.24. The van der Waals surface area contributed by atoms with Crippen LogP contribution >= 0.6 is 11.8 Å². The molecule has 2 N–H and O–H groups in total. The highest BCUT2D eigenvalue weighted by molar-refractivity contribution is 8.00. The Kier molecular flexibility index (Phi) is 6.11. The first-order chi connectivity index (χ1) is 10.6. The number of aliphatic hydroxyl groups is 2. The van der Waals surface area contributed by atoms with Gasteiger partial charge in [0.25, 0.3) is 0 Å². The van der Waals surface area contributed by atoms with Crippen LogP contribution in [0.3, 0.4) is 0 Å². The van der Waals surface area contributed by atoms with Gasteiger partial charge in [-0.2, -0.15) is 0 Å². The molecule has 22 heavy (non-hydrogen) atoms. The summed E-state index contributed by atoms with van der Waals surface area (Å²) in [5.41, 5.74) is -1.03. The van der Waals surface area contributed by atoms with Crippen molar-refractivity contribution in [3.05, 3.63) is 24.3 Å². The lowest BCUT2D eigenvalue weighted by atomic mass is 9.96. The number of aliphatic hydroxyl groups excluding tert-OH is 1. The van der Waals surface area contributed by atoms with E-state index < -0.39 is 5.60 Å². The smallest absolute Gasteiger partial charge is 0.232 e. The molecule has 0 bridgehead atoms. The minimum absolute atomic E-state index is 0.0648. The number of ether oxygens (including phenoxy) is 1. The van der Waals surface area contributed by atoms with Crippen LogP contribution in [0.1, 0.15) is 19.3 Å². The first kappa shape index (κ1) is 17.1. The molecule has 122 valence electrons. The summed E-state index contributed by atoms with van der Waals surface area (Å²) in [6, 6.07) is 7.63. The Morgan fingerprint density at radius 3 is 2.95 bits per heavy atom. The van der Waals surface area contributed by atoms with E-state index in [4.69, 9.17) is 4.74 Å². The number of hydrogen-bond donors (Lipinski definition) is 2. The van der Waals surface area contributed by atoms with E-state index in [0.29, 0.717) is 38.1 Å². The highest BCUT2D eigenvalue weighted by atomic mass is 32.2. The van der Waals surface area contributed by atoms with Crippen LogP contribution in [0.5, 0.6) is 5.75 Å². The molecule has 0 saturated carbocycles. The number of likely N-dealkylation sites (tertiary alicyclic amines) is 1. The van der Waals surface area contributed by atoms with E-state index in [1.54, 1.807) is 12.0 Å². The summed E-state index contributed by atoms with van der Waals surface area (Å²) in [6.07, 6.45) is 1.68. The van der Waals surface area contributed by atoms with Crippen molar-refractivity contribution < 1.29 is 19.7 Å². The van der Waals surface area contributed by atoms with Crippen molar-refractivity contribution >= 4 is 17.7 Å². The standard InChI is InChI=1S/C16H23NO4S/c1-21-13-4-2-5-14(10-13)22-11-15(19)17-8-3-6-16(20,12-18)7-9-17/h2,4-5,10,18,20H,3,6-9,11-12H2,1H3. The van der Waals surface area contributed by atoms with Gasteiger partial charge in [-0.1, -0.05) is 6.07 Å². The molecule has 0 aliphatic carbocycles. The summed E-state index contributed by atoms with van der Waals surface area (Å²) in [5.74, 6) is 1.21. The lowest BCUT2D eigenvalue weighted by Gasteiger charge is -2.24. The molecule has 1 atom stereocenters. The second kappa shape index (κ2) is 7.85.